The summed E-state index contributed by atoms with van der Waals surface area (Å²) >= 11 is 0. The van der Waals surface area contributed by atoms with Crippen molar-refractivity contribution in [2.45, 2.75) is 12.3 Å². The Bertz CT molecular complexity index is 2470. The first-order valence-corrected chi connectivity index (χ1v) is 24.6. The first-order valence-electron chi connectivity index (χ1n) is 20.6. The Hall–Kier alpha value is -6.51. The molecule has 0 N–H and O–H groups in total. The number of carbonyl (C=O) groups is 1. The van der Waals surface area contributed by atoms with E-state index in [1.54, 1.807) is 28.4 Å². The van der Waals surface area contributed by atoms with Gasteiger partial charge in [-0.15, -0.1) is 0 Å². The highest BCUT2D eigenvalue weighted by Crippen LogP contribution is 2.62. The van der Waals surface area contributed by atoms with E-state index in [1.165, 1.54) is 10.6 Å². The molecule has 0 saturated carbocycles. The van der Waals surface area contributed by atoms with Crippen molar-refractivity contribution in [2.24, 2.45) is 0 Å². The standard InChI is InChI=1S/C55H50O5P2/c1-57-47-23-11-15-27-51(47)61(45-19-7-5-8-20-45,52-28-16-12-24-48(52)58-2)39-41-31-35-43(36-32-41)55(56)44-37-33-42(34-38-44)40-62(46-21-9-6-10-22-46,53-29-17-13-25-49(53)59-3)54-30-18-14-26-50(54)60-4/h5-38H,39-40H2,1-4H3/q+2. The fourth-order valence-electron chi connectivity index (χ4n) is 8.72. The van der Waals surface area contributed by atoms with Crippen LogP contribution in [-0.2, 0) is 12.3 Å². The van der Waals surface area contributed by atoms with Crippen LogP contribution in [-0.4, -0.2) is 34.2 Å². The summed E-state index contributed by atoms with van der Waals surface area (Å²) in [6, 6.07) is 70.9. The molecule has 0 aromatic heterocycles. The van der Waals surface area contributed by atoms with Crippen molar-refractivity contribution >= 4 is 52.1 Å². The lowest BCUT2D eigenvalue weighted by Crippen LogP contribution is -2.34. The number of methoxy groups -OCH3 is 4. The predicted molar refractivity (Wildman–Crippen MR) is 260 cm³/mol. The van der Waals surface area contributed by atoms with Crippen molar-refractivity contribution in [3.8, 4) is 23.0 Å². The molecule has 8 aromatic carbocycles. The highest BCUT2D eigenvalue weighted by atomic mass is 31.2. The van der Waals surface area contributed by atoms with Gasteiger partial charge in [-0.3, -0.25) is 4.79 Å². The molecule has 62 heavy (non-hydrogen) atoms. The van der Waals surface area contributed by atoms with Crippen LogP contribution >= 0.6 is 14.5 Å². The van der Waals surface area contributed by atoms with E-state index in [1.807, 2.05) is 72.8 Å². The van der Waals surface area contributed by atoms with Crippen molar-refractivity contribution in [3.63, 3.8) is 0 Å². The Morgan fingerprint density at radius 2 is 0.597 bits per heavy atom. The summed E-state index contributed by atoms with van der Waals surface area (Å²) in [7, 11) is 2.07. The molecule has 0 unspecified atom stereocenters. The molecular formula is C55H50O5P2+2. The van der Waals surface area contributed by atoms with Gasteiger partial charge in [0.1, 0.15) is 46.4 Å². The first-order chi connectivity index (χ1) is 30.5. The normalized spacial score (nSPS) is 11.4. The number of para-hydroxylation sites is 4. The van der Waals surface area contributed by atoms with E-state index >= 15 is 0 Å². The maximum atomic E-state index is 14.3. The van der Waals surface area contributed by atoms with Crippen LogP contribution in [0.5, 0.6) is 23.0 Å². The fourth-order valence-corrected chi connectivity index (χ4v) is 17.8. The molecule has 0 fully saturated rings. The molecule has 8 rings (SSSR count). The number of ketones is 1. The lowest BCUT2D eigenvalue weighted by Gasteiger charge is -2.30. The summed E-state index contributed by atoms with van der Waals surface area (Å²) in [6.45, 7) is 0. The summed E-state index contributed by atoms with van der Waals surface area (Å²) in [6.07, 6.45) is 1.40. The second-order valence-corrected chi connectivity index (χ2v) is 21.8. The van der Waals surface area contributed by atoms with E-state index in [-0.39, 0.29) is 5.78 Å². The molecule has 0 radical (unpaired) electrons. The summed E-state index contributed by atoms with van der Waals surface area (Å²) in [5, 5.41) is 6.96. The second-order valence-electron chi connectivity index (χ2n) is 15.0. The minimum Gasteiger partial charge on any atom is -0.493 e. The molecular weight excluding hydrogens is 803 g/mol. The Kier molecular flexibility index (Phi) is 13.0. The van der Waals surface area contributed by atoms with Crippen molar-refractivity contribution in [1.82, 2.24) is 0 Å². The van der Waals surface area contributed by atoms with Crippen LogP contribution in [0.15, 0.2) is 206 Å². The Labute approximate surface area is 366 Å². The van der Waals surface area contributed by atoms with Gasteiger partial charge in [-0.2, -0.15) is 0 Å². The van der Waals surface area contributed by atoms with E-state index in [2.05, 4.69) is 133 Å². The molecule has 0 aliphatic carbocycles. The number of carbonyl (C=O) groups excluding carboxylic acids is 1. The first kappa shape index (κ1) is 42.2. The summed E-state index contributed by atoms with van der Waals surface area (Å²) < 4.78 is 24.2. The molecule has 0 saturated heterocycles. The zero-order valence-corrected chi connectivity index (χ0v) is 37.3. The summed E-state index contributed by atoms with van der Waals surface area (Å²) in [5.41, 5.74) is 3.49. The highest BCUT2D eigenvalue weighted by molar-refractivity contribution is 7.95. The van der Waals surface area contributed by atoms with Crippen LogP contribution in [0, 0.1) is 0 Å². The zero-order valence-electron chi connectivity index (χ0n) is 35.5. The summed E-state index contributed by atoms with van der Waals surface area (Å²) in [5.74, 6) is 3.31. The molecule has 0 atom stereocenters. The molecule has 0 bridgehead atoms. The van der Waals surface area contributed by atoms with Gasteiger partial charge in [0.05, 0.1) is 40.8 Å². The van der Waals surface area contributed by atoms with E-state index in [4.69, 9.17) is 18.9 Å². The van der Waals surface area contributed by atoms with E-state index in [0.717, 1.165) is 55.3 Å². The van der Waals surface area contributed by atoms with Crippen LogP contribution in [0.4, 0.5) is 0 Å². The minimum absolute atomic E-state index is 0.0275. The third kappa shape index (κ3) is 8.03. The third-order valence-corrected chi connectivity index (χ3v) is 20.5. The maximum absolute atomic E-state index is 14.3. The van der Waals surface area contributed by atoms with Crippen LogP contribution in [0.25, 0.3) is 0 Å². The molecule has 0 aliphatic rings. The molecule has 0 aliphatic heterocycles. The average Bonchev–Trinajstić information content (AvgIpc) is 3.35. The maximum Gasteiger partial charge on any atom is 0.193 e. The van der Waals surface area contributed by atoms with Crippen molar-refractivity contribution in [3.05, 3.63) is 229 Å². The van der Waals surface area contributed by atoms with Gasteiger partial charge in [0, 0.05) is 11.1 Å². The molecule has 5 nitrogen and oxygen atoms in total. The number of ether oxygens (including phenoxy) is 4. The molecule has 7 heteroatoms. The van der Waals surface area contributed by atoms with E-state index in [0.29, 0.717) is 23.5 Å². The third-order valence-electron chi connectivity index (χ3n) is 11.7. The van der Waals surface area contributed by atoms with Gasteiger partial charge in [0.2, 0.25) is 0 Å². The monoisotopic (exact) mass is 852 g/mol. The Morgan fingerprint density at radius 3 is 0.871 bits per heavy atom. The van der Waals surface area contributed by atoms with Crippen molar-refractivity contribution < 1.29 is 23.7 Å². The van der Waals surface area contributed by atoms with Gasteiger partial charge >= 0.3 is 0 Å². The lowest BCUT2D eigenvalue weighted by atomic mass is 10.0. The van der Waals surface area contributed by atoms with Gasteiger partial charge in [0.25, 0.3) is 0 Å². The van der Waals surface area contributed by atoms with Crippen LogP contribution in [0.3, 0.4) is 0 Å². The van der Waals surface area contributed by atoms with Crippen LogP contribution in [0.1, 0.15) is 27.0 Å². The SMILES string of the molecule is COc1ccccc1[P+](Cc1ccc(C(=O)c2ccc(C[P+](c3ccccc3)(c3ccccc3OC)c3ccccc3OC)cc2)cc1)(c1ccccc1)c1ccccc1OC. The average molecular weight is 853 g/mol. The van der Waals surface area contributed by atoms with E-state index < -0.39 is 14.5 Å². The van der Waals surface area contributed by atoms with Gasteiger partial charge in [-0.25, -0.2) is 0 Å². The number of hydrogen-bond donors (Lipinski definition) is 0. The fraction of sp³-hybridized carbons (Fsp3) is 0.109. The predicted octanol–water partition coefficient (Wildman–Crippen LogP) is 9.94. The second kappa shape index (κ2) is 19.0. The molecule has 8 aromatic rings. The molecule has 308 valence electrons. The number of hydrogen-bond acceptors (Lipinski definition) is 5. The minimum atomic E-state index is -2.43. The van der Waals surface area contributed by atoms with Gasteiger partial charge < -0.3 is 18.9 Å². The largest absolute Gasteiger partial charge is 0.493 e. The molecule has 0 spiro atoms. The van der Waals surface area contributed by atoms with Gasteiger partial charge in [-0.05, 0) is 83.9 Å². The Morgan fingerprint density at radius 1 is 0.339 bits per heavy atom. The van der Waals surface area contributed by atoms with Gasteiger partial charge in [0.15, 0.2) is 28.8 Å². The number of benzene rings is 8. The highest BCUT2D eigenvalue weighted by Gasteiger charge is 2.51. The van der Waals surface area contributed by atoms with Crippen molar-refractivity contribution in [2.75, 3.05) is 28.4 Å². The van der Waals surface area contributed by atoms with Crippen LogP contribution in [0.2, 0.25) is 0 Å². The van der Waals surface area contributed by atoms with E-state index in [9.17, 15) is 4.79 Å². The van der Waals surface area contributed by atoms with Gasteiger partial charge in [-0.1, -0.05) is 133 Å². The smallest absolute Gasteiger partial charge is 0.193 e. The quantitative estimate of drug-likeness (QED) is 0.0716. The summed E-state index contributed by atoms with van der Waals surface area (Å²) in [4.78, 5) is 14.3. The lowest BCUT2D eigenvalue weighted by molar-refractivity contribution is 0.103. The molecule has 0 amide bonds. The van der Waals surface area contributed by atoms with Crippen molar-refractivity contribution in [1.29, 1.82) is 0 Å². The Balaban J connectivity index is 1.15. The topological polar surface area (TPSA) is 54.0 Å². The van der Waals surface area contributed by atoms with Crippen LogP contribution < -0.4 is 50.8 Å². The molecule has 0 heterocycles. The zero-order chi connectivity index (χ0) is 42.9. The number of rotatable bonds is 16.